The Kier molecular flexibility index (Phi) is 9.63. The number of amides is 2. The quantitative estimate of drug-likeness (QED) is 0.368. The Labute approximate surface area is 214 Å². The van der Waals surface area contributed by atoms with E-state index in [-0.39, 0.29) is 25.0 Å². The van der Waals surface area contributed by atoms with Gasteiger partial charge in [-0.1, -0.05) is 83.3 Å². The van der Waals surface area contributed by atoms with Crippen LogP contribution in [0.1, 0.15) is 18.1 Å². The molecule has 0 bridgehead atoms. The second-order valence-electron chi connectivity index (χ2n) is 7.58. The number of halogens is 3. The number of carbonyl (C=O) groups is 2. The lowest BCUT2D eigenvalue weighted by Crippen LogP contribution is -2.51. The second-order valence-corrected chi connectivity index (χ2v) is 8.83. The summed E-state index contributed by atoms with van der Waals surface area (Å²) in [5, 5.41) is 4.11. The fourth-order valence-corrected chi connectivity index (χ4v) is 4.13. The van der Waals surface area contributed by atoms with Crippen molar-refractivity contribution in [3.63, 3.8) is 0 Å². The van der Waals surface area contributed by atoms with Gasteiger partial charge in [0, 0.05) is 29.6 Å². The van der Waals surface area contributed by atoms with Crippen molar-refractivity contribution < 1.29 is 14.3 Å². The summed E-state index contributed by atoms with van der Waals surface area (Å²) in [7, 11) is 0. The lowest BCUT2D eigenvalue weighted by molar-refractivity contribution is -0.142. The molecule has 0 unspecified atom stereocenters. The molecule has 0 saturated carbocycles. The molecule has 3 rings (SSSR count). The number of hydrogen-bond acceptors (Lipinski definition) is 3. The first kappa shape index (κ1) is 25.9. The topological polar surface area (TPSA) is 58.6 Å². The van der Waals surface area contributed by atoms with Crippen molar-refractivity contribution in [3.05, 3.63) is 99.0 Å². The third kappa shape index (κ3) is 7.13. The molecule has 0 heterocycles. The van der Waals surface area contributed by atoms with Gasteiger partial charge in [-0.25, -0.2) is 0 Å². The van der Waals surface area contributed by atoms with Gasteiger partial charge in [-0.05, 0) is 42.3 Å². The summed E-state index contributed by atoms with van der Waals surface area (Å²) in [5.74, 6) is -0.302. The first-order valence-electron chi connectivity index (χ1n) is 10.8. The first-order chi connectivity index (χ1) is 16.4. The van der Waals surface area contributed by atoms with Gasteiger partial charge in [0.1, 0.15) is 11.8 Å². The highest BCUT2D eigenvalue weighted by Gasteiger charge is 2.31. The van der Waals surface area contributed by atoms with Crippen LogP contribution in [0.2, 0.25) is 15.1 Å². The minimum Gasteiger partial charge on any atom is -0.482 e. The number of nitrogens with zero attached hydrogens (tertiary/aromatic N) is 1. The van der Waals surface area contributed by atoms with E-state index in [4.69, 9.17) is 39.5 Å². The van der Waals surface area contributed by atoms with E-state index in [2.05, 4.69) is 5.32 Å². The standard InChI is InChI=1S/C26H25Cl3N2O3/c1-2-30-26(33)23(14-18-8-4-3-5-9-18)31(16-19-10-6-7-11-21(19)28)25(32)17-34-24-13-12-20(27)15-22(24)29/h3-13,15,23H,2,14,16-17H2,1H3,(H,30,33)/t23-/m1/s1. The van der Waals surface area contributed by atoms with Crippen molar-refractivity contribution in [2.24, 2.45) is 0 Å². The molecule has 178 valence electrons. The first-order valence-corrected chi connectivity index (χ1v) is 11.9. The summed E-state index contributed by atoms with van der Waals surface area (Å²) in [4.78, 5) is 28.1. The maximum atomic E-state index is 13.5. The van der Waals surface area contributed by atoms with Crippen LogP contribution in [0.25, 0.3) is 0 Å². The van der Waals surface area contributed by atoms with Crippen molar-refractivity contribution in [2.75, 3.05) is 13.2 Å². The van der Waals surface area contributed by atoms with Crippen LogP contribution >= 0.6 is 34.8 Å². The van der Waals surface area contributed by atoms with Crippen molar-refractivity contribution in [3.8, 4) is 5.75 Å². The largest absolute Gasteiger partial charge is 0.482 e. The SMILES string of the molecule is CCNC(=O)[C@@H](Cc1ccccc1)N(Cc1ccccc1Cl)C(=O)COc1ccc(Cl)cc1Cl. The number of benzene rings is 3. The number of likely N-dealkylation sites (N-methyl/N-ethyl adjacent to an activating group) is 1. The number of rotatable bonds is 10. The molecule has 1 N–H and O–H groups in total. The van der Waals surface area contributed by atoms with E-state index < -0.39 is 6.04 Å². The third-order valence-corrected chi connectivity index (χ3v) is 6.06. The van der Waals surface area contributed by atoms with Gasteiger partial charge in [-0.2, -0.15) is 0 Å². The van der Waals surface area contributed by atoms with Crippen LogP contribution in [0, 0.1) is 0 Å². The molecule has 2 amide bonds. The molecule has 5 nitrogen and oxygen atoms in total. The zero-order valence-electron chi connectivity index (χ0n) is 18.6. The maximum Gasteiger partial charge on any atom is 0.261 e. The average Bonchev–Trinajstić information content (AvgIpc) is 2.82. The van der Waals surface area contributed by atoms with E-state index in [9.17, 15) is 9.59 Å². The van der Waals surface area contributed by atoms with E-state index in [0.717, 1.165) is 11.1 Å². The van der Waals surface area contributed by atoms with Gasteiger partial charge in [-0.3, -0.25) is 9.59 Å². The molecule has 0 aliphatic heterocycles. The van der Waals surface area contributed by atoms with Crippen molar-refractivity contribution in [2.45, 2.75) is 25.9 Å². The fraction of sp³-hybridized carbons (Fsp3) is 0.231. The van der Waals surface area contributed by atoms with Crippen LogP contribution in [0.3, 0.4) is 0 Å². The summed E-state index contributed by atoms with van der Waals surface area (Å²) < 4.78 is 5.70. The molecule has 8 heteroatoms. The molecule has 0 aliphatic rings. The molecule has 0 fully saturated rings. The van der Waals surface area contributed by atoms with Gasteiger partial charge >= 0.3 is 0 Å². The Morgan fingerprint density at radius 2 is 1.65 bits per heavy atom. The molecule has 3 aromatic carbocycles. The summed E-state index contributed by atoms with van der Waals surface area (Å²) >= 11 is 18.5. The molecule has 34 heavy (non-hydrogen) atoms. The number of hydrogen-bond donors (Lipinski definition) is 1. The molecule has 0 radical (unpaired) electrons. The molecule has 0 aliphatic carbocycles. The fourth-order valence-electron chi connectivity index (χ4n) is 3.47. The molecule has 1 atom stereocenters. The molecule has 0 aromatic heterocycles. The van der Waals surface area contributed by atoms with E-state index in [1.807, 2.05) is 55.5 Å². The highest BCUT2D eigenvalue weighted by molar-refractivity contribution is 6.35. The van der Waals surface area contributed by atoms with Gasteiger partial charge in [0.25, 0.3) is 5.91 Å². The van der Waals surface area contributed by atoms with E-state index >= 15 is 0 Å². The highest BCUT2D eigenvalue weighted by Crippen LogP contribution is 2.28. The Hall–Kier alpha value is -2.73. The lowest BCUT2D eigenvalue weighted by Gasteiger charge is -2.31. The Balaban J connectivity index is 1.91. The number of carbonyl (C=O) groups excluding carboxylic acids is 2. The minimum absolute atomic E-state index is 0.144. The highest BCUT2D eigenvalue weighted by atomic mass is 35.5. The summed E-state index contributed by atoms with van der Waals surface area (Å²) in [6.07, 6.45) is 0.338. The predicted octanol–water partition coefficient (Wildman–Crippen LogP) is 5.80. The maximum absolute atomic E-state index is 13.5. The smallest absolute Gasteiger partial charge is 0.261 e. The summed E-state index contributed by atoms with van der Waals surface area (Å²) in [6, 6.07) is 20.8. The Morgan fingerprint density at radius 1 is 0.941 bits per heavy atom. The van der Waals surface area contributed by atoms with Crippen LogP contribution in [-0.4, -0.2) is 35.9 Å². The van der Waals surface area contributed by atoms with Crippen LogP contribution in [0.15, 0.2) is 72.8 Å². The van der Waals surface area contributed by atoms with Crippen LogP contribution in [0.5, 0.6) is 5.75 Å². The van der Waals surface area contributed by atoms with E-state index in [1.54, 1.807) is 18.2 Å². The van der Waals surface area contributed by atoms with E-state index in [0.29, 0.717) is 33.8 Å². The number of ether oxygens (including phenoxy) is 1. The van der Waals surface area contributed by atoms with Crippen LogP contribution in [0.4, 0.5) is 0 Å². The molecule has 3 aromatic rings. The van der Waals surface area contributed by atoms with Crippen molar-refractivity contribution >= 4 is 46.6 Å². The van der Waals surface area contributed by atoms with Crippen LogP contribution < -0.4 is 10.1 Å². The van der Waals surface area contributed by atoms with Gasteiger partial charge in [-0.15, -0.1) is 0 Å². The monoisotopic (exact) mass is 518 g/mol. The normalized spacial score (nSPS) is 11.5. The van der Waals surface area contributed by atoms with E-state index in [1.165, 1.54) is 11.0 Å². The van der Waals surface area contributed by atoms with Gasteiger partial charge in [0.05, 0.1) is 5.02 Å². The summed E-state index contributed by atoms with van der Waals surface area (Å²) in [6.45, 7) is 2.11. The van der Waals surface area contributed by atoms with Gasteiger partial charge in [0.15, 0.2) is 6.61 Å². The average molecular weight is 520 g/mol. The molecule has 0 saturated heterocycles. The van der Waals surface area contributed by atoms with Crippen molar-refractivity contribution in [1.82, 2.24) is 10.2 Å². The second kappa shape index (κ2) is 12.7. The summed E-state index contributed by atoms with van der Waals surface area (Å²) in [5.41, 5.74) is 1.65. The molecular weight excluding hydrogens is 495 g/mol. The third-order valence-electron chi connectivity index (χ3n) is 5.17. The predicted molar refractivity (Wildman–Crippen MR) is 137 cm³/mol. The lowest BCUT2D eigenvalue weighted by atomic mass is 10.0. The van der Waals surface area contributed by atoms with Gasteiger partial charge < -0.3 is 15.0 Å². The zero-order valence-corrected chi connectivity index (χ0v) is 20.9. The Morgan fingerprint density at radius 3 is 2.32 bits per heavy atom. The minimum atomic E-state index is -0.768. The molecular formula is C26H25Cl3N2O3. The molecule has 0 spiro atoms. The van der Waals surface area contributed by atoms with Crippen molar-refractivity contribution in [1.29, 1.82) is 0 Å². The zero-order chi connectivity index (χ0) is 24.5. The van der Waals surface area contributed by atoms with Gasteiger partial charge in [0.2, 0.25) is 5.91 Å². The Bertz CT molecular complexity index is 1130. The number of nitrogens with one attached hydrogen (secondary N) is 1. The van der Waals surface area contributed by atoms with Crippen LogP contribution in [-0.2, 0) is 22.6 Å².